The zero-order valence-corrected chi connectivity index (χ0v) is 9.35. The van der Waals surface area contributed by atoms with Gasteiger partial charge in [-0.05, 0) is 19.1 Å². The molecule has 6 nitrogen and oxygen atoms in total. The Morgan fingerprint density at radius 2 is 2.00 bits per heavy atom. The molecule has 3 N–H and O–H groups in total. The van der Waals surface area contributed by atoms with Crippen molar-refractivity contribution in [2.24, 2.45) is 0 Å². The van der Waals surface area contributed by atoms with Crippen LogP contribution in [0.15, 0.2) is 12.1 Å². The molecule has 1 aromatic carbocycles. The standard InChI is InChI=1S/C11H11N3O3/c1-5-6-3-8(11(16)17)9(12-2)4-7(6)10(15)14-13-5/h3-4,12H,1-2H3,(H,14,15)(H,16,17). The summed E-state index contributed by atoms with van der Waals surface area (Å²) in [4.78, 5) is 11.1. The van der Waals surface area contributed by atoms with Crippen LogP contribution < -0.4 is 5.32 Å². The van der Waals surface area contributed by atoms with Gasteiger partial charge in [0.1, 0.15) is 0 Å². The Morgan fingerprint density at radius 3 is 2.59 bits per heavy atom. The number of aromatic carboxylic acids is 1. The number of fused-ring (bicyclic) bond motifs is 1. The molecule has 0 aliphatic heterocycles. The van der Waals surface area contributed by atoms with Gasteiger partial charge in [-0.25, -0.2) is 4.79 Å². The third-order valence-electron chi connectivity index (χ3n) is 2.58. The van der Waals surface area contributed by atoms with Gasteiger partial charge in [0.25, 0.3) is 0 Å². The number of benzene rings is 1. The summed E-state index contributed by atoms with van der Waals surface area (Å²) in [5, 5.41) is 29.8. The Kier molecular flexibility index (Phi) is 2.55. The lowest BCUT2D eigenvalue weighted by molar-refractivity contribution is 0.0698. The van der Waals surface area contributed by atoms with Gasteiger partial charge in [-0.2, -0.15) is 5.10 Å². The van der Waals surface area contributed by atoms with Gasteiger partial charge in [0.05, 0.1) is 11.3 Å². The smallest absolute Gasteiger partial charge is 0.337 e. The minimum atomic E-state index is -1.04. The molecule has 1 aromatic heterocycles. The van der Waals surface area contributed by atoms with Gasteiger partial charge < -0.3 is 15.5 Å². The Labute approximate surface area is 96.9 Å². The molecular weight excluding hydrogens is 222 g/mol. The fourth-order valence-corrected chi connectivity index (χ4v) is 1.70. The number of nitrogens with one attached hydrogen (secondary N) is 1. The average Bonchev–Trinajstić information content (AvgIpc) is 2.32. The predicted octanol–water partition coefficient (Wildman–Crippen LogP) is 1.38. The lowest BCUT2D eigenvalue weighted by Crippen LogP contribution is -2.03. The van der Waals surface area contributed by atoms with Crippen LogP contribution in [0.4, 0.5) is 5.69 Å². The lowest BCUT2D eigenvalue weighted by Gasteiger charge is -2.09. The van der Waals surface area contributed by atoms with Crippen LogP contribution in [0.5, 0.6) is 5.88 Å². The highest BCUT2D eigenvalue weighted by Crippen LogP contribution is 2.29. The summed E-state index contributed by atoms with van der Waals surface area (Å²) in [6.07, 6.45) is 0. The molecule has 1 heterocycles. The molecule has 17 heavy (non-hydrogen) atoms. The molecule has 2 rings (SSSR count). The summed E-state index contributed by atoms with van der Waals surface area (Å²) in [5.41, 5.74) is 1.13. The van der Waals surface area contributed by atoms with Crippen LogP contribution in [0, 0.1) is 6.92 Å². The van der Waals surface area contributed by atoms with Crippen LogP contribution in [0.1, 0.15) is 16.1 Å². The van der Waals surface area contributed by atoms with Crippen LogP contribution in [-0.4, -0.2) is 33.4 Å². The number of hydrogen-bond donors (Lipinski definition) is 3. The number of nitrogens with zero attached hydrogens (tertiary/aromatic N) is 2. The van der Waals surface area contributed by atoms with Gasteiger partial charge in [-0.15, -0.1) is 5.10 Å². The minimum Gasteiger partial charge on any atom is -0.492 e. The van der Waals surface area contributed by atoms with Crippen molar-refractivity contribution < 1.29 is 15.0 Å². The third kappa shape index (κ3) is 1.73. The second kappa shape index (κ2) is 3.89. The molecule has 0 saturated carbocycles. The molecule has 0 atom stereocenters. The second-order valence-electron chi connectivity index (χ2n) is 3.61. The quantitative estimate of drug-likeness (QED) is 0.725. The van der Waals surface area contributed by atoms with Crippen LogP contribution in [0.3, 0.4) is 0 Å². The van der Waals surface area contributed by atoms with E-state index >= 15 is 0 Å². The molecule has 0 aliphatic carbocycles. The topological polar surface area (TPSA) is 95.3 Å². The van der Waals surface area contributed by atoms with E-state index in [1.807, 2.05) is 0 Å². The summed E-state index contributed by atoms with van der Waals surface area (Å²) in [5.74, 6) is -1.24. The zero-order chi connectivity index (χ0) is 12.6. The monoisotopic (exact) mass is 233 g/mol. The number of hydrogen-bond acceptors (Lipinski definition) is 5. The molecule has 0 aliphatic rings. The average molecular weight is 233 g/mol. The highest BCUT2D eigenvalue weighted by molar-refractivity contribution is 6.02. The number of anilines is 1. The van der Waals surface area contributed by atoms with Crippen LogP contribution in [0.25, 0.3) is 10.8 Å². The molecule has 88 valence electrons. The first-order chi connectivity index (χ1) is 8.04. The maximum Gasteiger partial charge on any atom is 0.337 e. The van der Waals surface area contributed by atoms with E-state index in [-0.39, 0.29) is 11.4 Å². The van der Waals surface area contributed by atoms with Crippen LogP contribution in [0.2, 0.25) is 0 Å². The fourth-order valence-electron chi connectivity index (χ4n) is 1.70. The van der Waals surface area contributed by atoms with E-state index in [0.29, 0.717) is 22.2 Å². The predicted molar refractivity (Wildman–Crippen MR) is 62.4 cm³/mol. The van der Waals surface area contributed by atoms with Gasteiger partial charge in [0.2, 0.25) is 5.88 Å². The van der Waals surface area contributed by atoms with Gasteiger partial charge in [0, 0.05) is 23.5 Å². The summed E-state index contributed by atoms with van der Waals surface area (Å²) >= 11 is 0. The van der Waals surface area contributed by atoms with Gasteiger partial charge in [0.15, 0.2) is 0 Å². The van der Waals surface area contributed by atoms with Gasteiger partial charge in [-0.3, -0.25) is 0 Å². The second-order valence-corrected chi connectivity index (χ2v) is 3.61. The molecule has 0 spiro atoms. The van der Waals surface area contributed by atoms with Crippen molar-refractivity contribution >= 4 is 22.4 Å². The van der Waals surface area contributed by atoms with Crippen LogP contribution >= 0.6 is 0 Å². The van der Waals surface area contributed by atoms with Crippen molar-refractivity contribution in [2.75, 3.05) is 12.4 Å². The molecule has 0 amide bonds. The maximum atomic E-state index is 11.1. The number of aromatic nitrogens is 2. The highest BCUT2D eigenvalue weighted by atomic mass is 16.4. The van der Waals surface area contributed by atoms with E-state index in [1.165, 1.54) is 6.07 Å². The molecule has 0 unspecified atom stereocenters. The molecule has 6 heteroatoms. The summed E-state index contributed by atoms with van der Waals surface area (Å²) in [7, 11) is 1.62. The van der Waals surface area contributed by atoms with E-state index in [4.69, 9.17) is 5.11 Å². The molecule has 0 saturated heterocycles. The SMILES string of the molecule is CNc1cc2c(O)nnc(C)c2cc1C(=O)O. The number of carboxylic acid groups (broad SMARTS) is 1. The van der Waals surface area contributed by atoms with Crippen molar-refractivity contribution in [3.63, 3.8) is 0 Å². The number of aryl methyl sites for hydroxylation is 1. The van der Waals surface area contributed by atoms with Gasteiger partial charge in [-0.1, -0.05) is 0 Å². The zero-order valence-electron chi connectivity index (χ0n) is 9.35. The molecule has 2 aromatic rings. The van der Waals surface area contributed by atoms with Crippen molar-refractivity contribution in [3.05, 3.63) is 23.4 Å². The summed E-state index contributed by atoms with van der Waals surface area (Å²) < 4.78 is 0. The van der Waals surface area contributed by atoms with E-state index in [9.17, 15) is 9.90 Å². The lowest BCUT2D eigenvalue weighted by atomic mass is 10.1. The largest absolute Gasteiger partial charge is 0.492 e. The first kappa shape index (κ1) is 11.1. The fraction of sp³-hybridized carbons (Fsp3) is 0.182. The number of carbonyl (C=O) groups is 1. The molecule has 0 bridgehead atoms. The van der Waals surface area contributed by atoms with Crippen molar-refractivity contribution in [2.45, 2.75) is 6.92 Å². The van der Waals surface area contributed by atoms with Crippen molar-refractivity contribution in [1.29, 1.82) is 0 Å². The van der Waals surface area contributed by atoms with E-state index < -0.39 is 5.97 Å². The third-order valence-corrected chi connectivity index (χ3v) is 2.58. The Balaban J connectivity index is 2.87. The Hall–Kier alpha value is -2.37. The normalized spacial score (nSPS) is 10.5. The Morgan fingerprint density at radius 1 is 1.29 bits per heavy atom. The van der Waals surface area contributed by atoms with Crippen LogP contribution in [-0.2, 0) is 0 Å². The maximum absolute atomic E-state index is 11.1. The number of rotatable bonds is 2. The van der Waals surface area contributed by atoms with E-state index in [0.717, 1.165) is 0 Å². The minimum absolute atomic E-state index is 0.135. The first-order valence-electron chi connectivity index (χ1n) is 4.95. The summed E-state index contributed by atoms with van der Waals surface area (Å²) in [6, 6.07) is 3.03. The van der Waals surface area contributed by atoms with E-state index in [1.54, 1.807) is 20.0 Å². The molecule has 0 radical (unpaired) electrons. The molecular formula is C11H11N3O3. The highest BCUT2D eigenvalue weighted by Gasteiger charge is 2.14. The molecule has 0 fully saturated rings. The van der Waals surface area contributed by atoms with E-state index in [2.05, 4.69) is 15.5 Å². The number of carboxylic acids is 1. The summed E-state index contributed by atoms with van der Waals surface area (Å²) in [6.45, 7) is 1.71. The first-order valence-corrected chi connectivity index (χ1v) is 4.95. The Bertz CT molecular complexity index is 610. The van der Waals surface area contributed by atoms with Crippen molar-refractivity contribution in [1.82, 2.24) is 10.2 Å². The number of aromatic hydroxyl groups is 1. The van der Waals surface area contributed by atoms with Gasteiger partial charge >= 0.3 is 5.97 Å². The van der Waals surface area contributed by atoms with Crippen molar-refractivity contribution in [3.8, 4) is 5.88 Å².